The van der Waals surface area contributed by atoms with Crippen LogP contribution in [0, 0.1) is 11.8 Å². The third-order valence-electron chi connectivity index (χ3n) is 5.34. The standard InChI is InChI=1S/C16H31N3O.2ClH/c1-12-5-3-6-13(2)19(12)10-9-18-16(20)15-8-4-7-14(15)11-17;;/h12-15H,3-11,17H2,1-2H3,(H,18,20);2*1H/t12?,13?,14-,15-;;/m1../s1. The molecule has 0 aromatic carbocycles. The van der Waals surface area contributed by atoms with Crippen molar-refractivity contribution in [1.29, 1.82) is 0 Å². The van der Waals surface area contributed by atoms with E-state index in [2.05, 4.69) is 24.1 Å². The van der Waals surface area contributed by atoms with Crippen molar-refractivity contribution in [3.8, 4) is 0 Å². The van der Waals surface area contributed by atoms with Crippen LogP contribution in [0.2, 0.25) is 0 Å². The predicted octanol–water partition coefficient (Wildman–Crippen LogP) is 2.58. The summed E-state index contributed by atoms with van der Waals surface area (Å²) in [5, 5.41) is 3.14. The van der Waals surface area contributed by atoms with E-state index < -0.39 is 0 Å². The highest BCUT2D eigenvalue weighted by molar-refractivity contribution is 5.85. The van der Waals surface area contributed by atoms with Crippen molar-refractivity contribution < 1.29 is 4.79 Å². The molecule has 132 valence electrons. The number of rotatable bonds is 5. The Balaban J connectivity index is 0.00000220. The van der Waals surface area contributed by atoms with Gasteiger partial charge in [0.25, 0.3) is 0 Å². The van der Waals surface area contributed by atoms with Gasteiger partial charge in [0.1, 0.15) is 0 Å². The summed E-state index contributed by atoms with van der Waals surface area (Å²) in [6, 6.07) is 1.30. The minimum absolute atomic E-state index is 0. The zero-order chi connectivity index (χ0) is 14.5. The van der Waals surface area contributed by atoms with Gasteiger partial charge < -0.3 is 11.1 Å². The van der Waals surface area contributed by atoms with Crippen LogP contribution < -0.4 is 11.1 Å². The average Bonchev–Trinajstić information content (AvgIpc) is 2.90. The van der Waals surface area contributed by atoms with E-state index in [-0.39, 0.29) is 36.6 Å². The lowest BCUT2D eigenvalue weighted by Gasteiger charge is -2.39. The number of nitrogens with one attached hydrogen (secondary N) is 1. The first kappa shape index (κ1) is 22.0. The molecule has 2 rings (SSSR count). The molecular weight excluding hydrogens is 321 g/mol. The maximum absolute atomic E-state index is 12.2. The van der Waals surface area contributed by atoms with E-state index in [1.165, 1.54) is 19.3 Å². The minimum Gasteiger partial charge on any atom is -0.355 e. The fraction of sp³-hybridized carbons (Fsp3) is 0.938. The Morgan fingerprint density at radius 2 is 1.68 bits per heavy atom. The van der Waals surface area contributed by atoms with E-state index in [4.69, 9.17) is 5.73 Å². The summed E-state index contributed by atoms with van der Waals surface area (Å²) in [6.07, 6.45) is 7.21. The second-order valence-corrected chi connectivity index (χ2v) is 6.69. The first-order chi connectivity index (χ1) is 9.63. The van der Waals surface area contributed by atoms with Crippen molar-refractivity contribution in [3.63, 3.8) is 0 Å². The molecule has 1 aliphatic heterocycles. The molecule has 6 heteroatoms. The van der Waals surface area contributed by atoms with Gasteiger partial charge in [-0.2, -0.15) is 0 Å². The normalized spacial score (nSPS) is 32.0. The molecule has 22 heavy (non-hydrogen) atoms. The minimum atomic E-state index is 0. The van der Waals surface area contributed by atoms with E-state index in [0.29, 0.717) is 24.5 Å². The van der Waals surface area contributed by atoms with Crippen LogP contribution in [0.3, 0.4) is 0 Å². The summed E-state index contributed by atoms with van der Waals surface area (Å²) < 4.78 is 0. The number of amides is 1. The zero-order valence-electron chi connectivity index (χ0n) is 13.9. The lowest BCUT2D eigenvalue weighted by molar-refractivity contribution is -0.126. The fourth-order valence-corrected chi connectivity index (χ4v) is 4.02. The van der Waals surface area contributed by atoms with Gasteiger partial charge in [0, 0.05) is 31.1 Å². The molecule has 0 bridgehead atoms. The van der Waals surface area contributed by atoms with Crippen molar-refractivity contribution in [2.75, 3.05) is 19.6 Å². The van der Waals surface area contributed by atoms with Gasteiger partial charge in [-0.3, -0.25) is 9.69 Å². The van der Waals surface area contributed by atoms with Crippen LogP contribution in [0.15, 0.2) is 0 Å². The number of carbonyl (C=O) groups excluding carboxylic acids is 1. The maximum Gasteiger partial charge on any atom is 0.223 e. The summed E-state index contributed by atoms with van der Waals surface area (Å²) in [6.45, 7) is 7.02. The molecule has 4 nitrogen and oxygen atoms in total. The highest BCUT2D eigenvalue weighted by Gasteiger charge is 2.32. The third kappa shape index (κ3) is 5.55. The highest BCUT2D eigenvalue weighted by Crippen LogP contribution is 2.30. The summed E-state index contributed by atoms with van der Waals surface area (Å²) in [5.74, 6) is 0.800. The molecule has 0 aromatic rings. The van der Waals surface area contributed by atoms with E-state index in [0.717, 1.165) is 32.4 Å². The third-order valence-corrected chi connectivity index (χ3v) is 5.34. The van der Waals surface area contributed by atoms with Gasteiger partial charge in [-0.25, -0.2) is 0 Å². The number of piperidine rings is 1. The molecular formula is C16H33Cl2N3O. The van der Waals surface area contributed by atoms with Gasteiger partial charge in [-0.15, -0.1) is 24.8 Å². The van der Waals surface area contributed by atoms with Crippen molar-refractivity contribution in [1.82, 2.24) is 10.2 Å². The van der Waals surface area contributed by atoms with Crippen LogP contribution in [0.25, 0.3) is 0 Å². The Morgan fingerprint density at radius 3 is 2.27 bits per heavy atom. The fourth-order valence-electron chi connectivity index (χ4n) is 4.02. The van der Waals surface area contributed by atoms with E-state index >= 15 is 0 Å². The largest absolute Gasteiger partial charge is 0.355 e. The smallest absolute Gasteiger partial charge is 0.223 e. The molecule has 1 aliphatic carbocycles. The second-order valence-electron chi connectivity index (χ2n) is 6.69. The lowest BCUT2D eigenvalue weighted by atomic mass is 9.95. The Hall–Kier alpha value is -0.0300. The molecule has 1 saturated heterocycles. The van der Waals surface area contributed by atoms with Crippen molar-refractivity contribution in [2.24, 2.45) is 17.6 Å². The monoisotopic (exact) mass is 353 g/mol. The predicted molar refractivity (Wildman–Crippen MR) is 96.9 cm³/mol. The first-order valence-corrected chi connectivity index (χ1v) is 8.37. The number of likely N-dealkylation sites (tertiary alicyclic amines) is 1. The maximum atomic E-state index is 12.2. The van der Waals surface area contributed by atoms with E-state index in [9.17, 15) is 4.79 Å². The van der Waals surface area contributed by atoms with E-state index in [1.807, 2.05) is 0 Å². The zero-order valence-corrected chi connectivity index (χ0v) is 15.6. The number of halogens is 2. The molecule has 1 amide bonds. The molecule has 2 fully saturated rings. The summed E-state index contributed by atoms with van der Waals surface area (Å²) in [4.78, 5) is 14.8. The molecule has 1 saturated carbocycles. The number of carbonyl (C=O) groups is 1. The van der Waals surface area contributed by atoms with Gasteiger partial charge in [0.05, 0.1) is 0 Å². The number of nitrogens with two attached hydrogens (primary N) is 1. The quantitative estimate of drug-likeness (QED) is 0.798. The van der Waals surface area contributed by atoms with Crippen LogP contribution in [-0.4, -0.2) is 42.5 Å². The van der Waals surface area contributed by atoms with Gasteiger partial charge in [0.15, 0.2) is 0 Å². The topological polar surface area (TPSA) is 58.4 Å². The number of nitrogens with zero attached hydrogens (tertiary/aromatic N) is 1. The summed E-state index contributed by atoms with van der Waals surface area (Å²) >= 11 is 0. The lowest BCUT2D eigenvalue weighted by Crippen LogP contribution is -2.48. The Labute approximate surface area is 147 Å². The summed E-state index contributed by atoms with van der Waals surface area (Å²) in [5.41, 5.74) is 5.76. The molecule has 0 spiro atoms. The Morgan fingerprint density at radius 1 is 1.09 bits per heavy atom. The number of hydrogen-bond donors (Lipinski definition) is 2. The summed E-state index contributed by atoms with van der Waals surface area (Å²) in [7, 11) is 0. The number of hydrogen-bond acceptors (Lipinski definition) is 3. The first-order valence-electron chi connectivity index (χ1n) is 8.37. The molecule has 2 aliphatic rings. The average molecular weight is 354 g/mol. The SMILES string of the molecule is CC1CCCC(C)N1CCNC(=O)[C@@H]1CCC[C@@H]1CN.Cl.Cl. The molecule has 0 radical (unpaired) electrons. The second kappa shape index (κ2) is 10.7. The van der Waals surface area contributed by atoms with Crippen molar-refractivity contribution in [3.05, 3.63) is 0 Å². The van der Waals surface area contributed by atoms with Crippen LogP contribution in [0.1, 0.15) is 52.4 Å². The Kier molecular flexibility index (Phi) is 10.7. The van der Waals surface area contributed by atoms with Crippen molar-refractivity contribution >= 4 is 30.7 Å². The van der Waals surface area contributed by atoms with Crippen LogP contribution in [0.5, 0.6) is 0 Å². The van der Waals surface area contributed by atoms with Crippen LogP contribution >= 0.6 is 24.8 Å². The highest BCUT2D eigenvalue weighted by atomic mass is 35.5. The molecule has 0 aromatic heterocycles. The molecule has 3 N–H and O–H groups in total. The Bertz CT molecular complexity index is 321. The van der Waals surface area contributed by atoms with Gasteiger partial charge >= 0.3 is 0 Å². The van der Waals surface area contributed by atoms with Gasteiger partial charge in [-0.1, -0.05) is 12.8 Å². The van der Waals surface area contributed by atoms with Crippen LogP contribution in [-0.2, 0) is 4.79 Å². The molecule has 4 atom stereocenters. The molecule has 2 unspecified atom stereocenters. The van der Waals surface area contributed by atoms with Gasteiger partial charge in [-0.05, 0) is 52.0 Å². The van der Waals surface area contributed by atoms with Gasteiger partial charge in [0.2, 0.25) is 5.91 Å². The van der Waals surface area contributed by atoms with E-state index in [1.54, 1.807) is 0 Å². The molecule has 1 heterocycles. The van der Waals surface area contributed by atoms with Crippen molar-refractivity contribution in [2.45, 2.75) is 64.5 Å². The van der Waals surface area contributed by atoms with Crippen LogP contribution in [0.4, 0.5) is 0 Å².